The van der Waals surface area contributed by atoms with Gasteiger partial charge in [0.2, 0.25) is 5.95 Å². The number of piperidine rings is 1. The highest BCUT2D eigenvalue weighted by molar-refractivity contribution is 5.73. The molecule has 0 amide bonds. The van der Waals surface area contributed by atoms with Crippen molar-refractivity contribution in [1.82, 2.24) is 9.97 Å². The molecule has 0 saturated carbocycles. The Balaban J connectivity index is 1.90. The van der Waals surface area contributed by atoms with E-state index in [0.29, 0.717) is 17.8 Å². The summed E-state index contributed by atoms with van der Waals surface area (Å²) in [4.78, 5) is 11.1. The van der Waals surface area contributed by atoms with E-state index in [2.05, 4.69) is 21.8 Å². The third-order valence-corrected chi connectivity index (χ3v) is 4.02. The summed E-state index contributed by atoms with van der Waals surface area (Å²) in [6, 6.07) is 6.64. The molecule has 0 bridgehead atoms. The quantitative estimate of drug-likeness (QED) is 0.920. The largest absolute Gasteiger partial charge is 0.383 e. The molecule has 1 fully saturated rings. The van der Waals surface area contributed by atoms with Gasteiger partial charge < -0.3 is 10.6 Å². The Labute approximate surface area is 123 Å². The van der Waals surface area contributed by atoms with Gasteiger partial charge in [0.15, 0.2) is 0 Å². The van der Waals surface area contributed by atoms with Gasteiger partial charge in [-0.25, -0.2) is 9.37 Å². The van der Waals surface area contributed by atoms with Crippen molar-refractivity contribution in [1.29, 1.82) is 0 Å². The molecule has 0 radical (unpaired) electrons. The first-order valence-corrected chi connectivity index (χ1v) is 7.30. The van der Waals surface area contributed by atoms with Gasteiger partial charge in [0.25, 0.3) is 0 Å². The van der Waals surface area contributed by atoms with Crippen molar-refractivity contribution in [3.63, 3.8) is 0 Å². The molecule has 1 atom stereocenters. The Bertz CT molecular complexity index is 627. The smallest absolute Gasteiger partial charge is 0.227 e. The molecule has 21 heavy (non-hydrogen) atoms. The Morgan fingerprint density at radius 3 is 2.67 bits per heavy atom. The van der Waals surface area contributed by atoms with Gasteiger partial charge in [-0.15, -0.1) is 0 Å². The molecule has 5 heteroatoms. The number of nitrogen functional groups attached to an aromatic ring is 1. The summed E-state index contributed by atoms with van der Waals surface area (Å²) in [7, 11) is 0. The van der Waals surface area contributed by atoms with Crippen molar-refractivity contribution in [2.45, 2.75) is 32.2 Å². The lowest BCUT2D eigenvalue weighted by Gasteiger charge is -2.33. The molecule has 1 saturated heterocycles. The molecule has 110 valence electrons. The fourth-order valence-electron chi connectivity index (χ4n) is 2.77. The fourth-order valence-corrected chi connectivity index (χ4v) is 2.77. The van der Waals surface area contributed by atoms with Crippen LogP contribution in [0.2, 0.25) is 0 Å². The van der Waals surface area contributed by atoms with Gasteiger partial charge in [-0.1, -0.05) is 12.1 Å². The van der Waals surface area contributed by atoms with E-state index in [4.69, 9.17) is 5.73 Å². The summed E-state index contributed by atoms with van der Waals surface area (Å²) < 4.78 is 13.0. The minimum Gasteiger partial charge on any atom is -0.383 e. The monoisotopic (exact) mass is 286 g/mol. The number of rotatable bonds is 2. The number of nitrogens with two attached hydrogens (primary N) is 1. The number of hydrogen-bond acceptors (Lipinski definition) is 4. The molecule has 0 spiro atoms. The zero-order chi connectivity index (χ0) is 14.8. The topological polar surface area (TPSA) is 55.0 Å². The highest BCUT2D eigenvalue weighted by Crippen LogP contribution is 2.27. The van der Waals surface area contributed by atoms with E-state index in [9.17, 15) is 4.39 Å². The maximum absolute atomic E-state index is 13.0. The van der Waals surface area contributed by atoms with Crippen LogP contribution in [0.25, 0.3) is 11.1 Å². The molecular weight excluding hydrogens is 267 g/mol. The van der Waals surface area contributed by atoms with Crippen LogP contribution in [-0.2, 0) is 0 Å². The van der Waals surface area contributed by atoms with E-state index in [1.165, 1.54) is 18.6 Å². The zero-order valence-electron chi connectivity index (χ0n) is 12.1. The second kappa shape index (κ2) is 5.68. The predicted octanol–water partition coefficient (Wildman–Crippen LogP) is 3.24. The number of benzene rings is 1. The van der Waals surface area contributed by atoms with Crippen LogP contribution in [0.5, 0.6) is 0 Å². The van der Waals surface area contributed by atoms with Crippen LogP contribution in [0.3, 0.4) is 0 Å². The molecule has 1 aromatic carbocycles. The molecule has 3 rings (SSSR count). The van der Waals surface area contributed by atoms with Crippen LogP contribution in [0.4, 0.5) is 16.2 Å². The first kappa shape index (κ1) is 13.8. The van der Waals surface area contributed by atoms with Crippen LogP contribution in [0.1, 0.15) is 26.2 Å². The maximum atomic E-state index is 13.0. The summed E-state index contributed by atoms with van der Waals surface area (Å²) in [5.74, 6) is 0.854. The van der Waals surface area contributed by atoms with Crippen molar-refractivity contribution in [2.24, 2.45) is 0 Å². The second-order valence-corrected chi connectivity index (χ2v) is 5.51. The summed E-state index contributed by atoms with van der Waals surface area (Å²) in [5, 5.41) is 0. The lowest BCUT2D eigenvalue weighted by Crippen LogP contribution is -2.38. The molecular formula is C16H19FN4. The number of hydrogen-bond donors (Lipinski definition) is 1. The SMILES string of the molecule is CC1CCCCN1c1ncc(-c2ccc(F)cc2)c(N)n1. The molecule has 0 aliphatic carbocycles. The summed E-state index contributed by atoms with van der Waals surface area (Å²) >= 11 is 0. The highest BCUT2D eigenvalue weighted by Gasteiger charge is 2.21. The minimum atomic E-state index is -0.267. The normalized spacial score (nSPS) is 18.8. The van der Waals surface area contributed by atoms with Crippen molar-refractivity contribution >= 4 is 11.8 Å². The van der Waals surface area contributed by atoms with E-state index in [1.807, 2.05) is 0 Å². The molecule has 2 N–H and O–H groups in total. The van der Waals surface area contributed by atoms with E-state index in [-0.39, 0.29) is 5.82 Å². The average molecular weight is 286 g/mol. The lowest BCUT2D eigenvalue weighted by molar-refractivity contribution is 0.477. The summed E-state index contributed by atoms with van der Waals surface area (Å²) in [6.45, 7) is 3.16. The molecule has 1 unspecified atom stereocenters. The van der Waals surface area contributed by atoms with E-state index < -0.39 is 0 Å². The van der Waals surface area contributed by atoms with Gasteiger partial charge in [-0.2, -0.15) is 4.98 Å². The third-order valence-electron chi connectivity index (χ3n) is 4.02. The fraction of sp³-hybridized carbons (Fsp3) is 0.375. The van der Waals surface area contributed by atoms with Crippen LogP contribution >= 0.6 is 0 Å². The standard InChI is InChI=1S/C16H19FN4/c1-11-4-2-3-9-21(11)16-19-10-14(15(18)20-16)12-5-7-13(17)8-6-12/h5-8,10-11H,2-4,9H2,1H3,(H2,18,19,20). The maximum Gasteiger partial charge on any atom is 0.227 e. The molecule has 2 aromatic rings. The van der Waals surface area contributed by atoms with E-state index >= 15 is 0 Å². The van der Waals surface area contributed by atoms with Crippen molar-refractivity contribution < 1.29 is 4.39 Å². The summed E-state index contributed by atoms with van der Waals surface area (Å²) in [6.07, 6.45) is 5.29. The van der Waals surface area contributed by atoms with Crippen LogP contribution < -0.4 is 10.6 Å². The first-order valence-electron chi connectivity index (χ1n) is 7.30. The average Bonchev–Trinajstić information content (AvgIpc) is 2.49. The first-order chi connectivity index (χ1) is 10.1. The second-order valence-electron chi connectivity index (χ2n) is 5.51. The number of nitrogens with zero attached hydrogens (tertiary/aromatic N) is 3. The molecule has 4 nitrogen and oxygen atoms in total. The predicted molar refractivity (Wildman–Crippen MR) is 82.5 cm³/mol. The lowest BCUT2D eigenvalue weighted by atomic mass is 10.0. The van der Waals surface area contributed by atoms with Gasteiger partial charge >= 0.3 is 0 Å². The highest BCUT2D eigenvalue weighted by atomic mass is 19.1. The Hall–Kier alpha value is -2.17. The molecule has 1 aliphatic heterocycles. The van der Waals surface area contributed by atoms with Crippen LogP contribution in [0.15, 0.2) is 30.5 Å². The van der Waals surface area contributed by atoms with Crippen molar-refractivity contribution in [3.05, 3.63) is 36.3 Å². The number of halogens is 1. The number of aromatic nitrogens is 2. The molecule has 1 aromatic heterocycles. The van der Waals surface area contributed by atoms with Gasteiger partial charge in [0, 0.05) is 24.3 Å². The van der Waals surface area contributed by atoms with Gasteiger partial charge in [0.05, 0.1) is 0 Å². The van der Waals surface area contributed by atoms with Gasteiger partial charge in [-0.3, -0.25) is 0 Å². The zero-order valence-corrected chi connectivity index (χ0v) is 12.1. The Morgan fingerprint density at radius 2 is 2.00 bits per heavy atom. The van der Waals surface area contributed by atoms with Crippen molar-refractivity contribution in [3.8, 4) is 11.1 Å². The third kappa shape index (κ3) is 2.82. The minimum absolute atomic E-state index is 0.267. The number of anilines is 2. The summed E-state index contributed by atoms with van der Waals surface area (Å²) in [5.41, 5.74) is 7.64. The Kier molecular flexibility index (Phi) is 3.73. The van der Waals surface area contributed by atoms with Crippen LogP contribution in [-0.4, -0.2) is 22.6 Å². The van der Waals surface area contributed by atoms with Crippen LogP contribution in [0, 0.1) is 5.82 Å². The van der Waals surface area contributed by atoms with E-state index in [1.54, 1.807) is 18.3 Å². The van der Waals surface area contributed by atoms with Gasteiger partial charge in [0.1, 0.15) is 11.6 Å². The molecule has 2 heterocycles. The Morgan fingerprint density at radius 1 is 1.24 bits per heavy atom. The molecule has 1 aliphatic rings. The van der Waals surface area contributed by atoms with Gasteiger partial charge in [-0.05, 0) is 43.9 Å². The van der Waals surface area contributed by atoms with Crippen molar-refractivity contribution in [2.75, 3.05) is 17.2 Å². The van der Waals surface area contributed by atoms with E-state index in [0.717, 1.165) is 30.5 Å².